The summed E-state index contributed by atoms with van der Waals surface area (Å²) in [5.41, 5.74) is 2.86. The standard InChI is InChI=1S/C18H18N2O2/c1-2-3-13-22-19-17-15-11-7-8-12-16(15)20(18(17)21)14-9-5-4-6-10-14/h4-12H,2-3,13H2,1H3/b19-17-. The van der Waals surface area contributed by atoms with Crippen molar-refractivity contribution >= 4 is 23.0 Å². The number of oxime groups is 1. The van der Waals surface area contributed by atoms with Crippen molar-refractivity contribution in [2.45, 2.75) is 19.8 Å². The minimum atomic E-state index is -0.149. The van der Waals surface area contributed by atoms with Gasteiger partial charge in [-0.05, 0) is 24.6 Å². The Morgan fingerprint density at radius 2 is 1.77 bits per heavy atom. The number of amides is 1. The third-order valence-electron chi connectivity index (χ3n) is 3.57. The summed E-state index contributed by atoms with van der Waals surface area (Å²) in [6.07, 6.45) is 1.96. The number of benzene rings is 2. The summed E-state index contributed by atoms with van der Waals surface area (Å²) in [5.74, 6) is -0.149. The highest BCUT2D eigenvalue weighted by Gasteiger charge is 2.35. The Hall–Kier alpha value is -2.62. The Morgan fingerprint density at radius 3 is 2.55 bits per heavy atom. The van der Waals surface area contributed by atoms with Crippen molar-refractivity contribution in [1.29, 1.82) is 0 Å². The van der Waals surface area contributed by atoms with Gasteiger partial charge in [0.25, 0.3) is 5.91 Å². The number of rotatable bonds is 5. The second-order valence-corrected chi connectivity index (χ2v) is 5.12. The number of hydrogen-bond donors (Lipinski definition) is 0. The van der Waals surface area contributed by atoms with E-state index in [9.17, 15) is 4.79 Å². The van der Waals surface area contributed by atoms with E-state index in [1.165, 1.54) is 0 Å². The van der Waals surface area contributed by atoms with Crippen LogP contribution in [0.4, 0.5) is 11.4 Å². The van der Waals surface area contributed by atoms with Crippen LogP contribution in [0.15, 0.2) is 59.8 Å². The first-order valence-corrected chi connectivity index (χ1v) is 7.51. The number of nitrogens with zero attached hydrogens (tertiary/aromatic N) is 2. The zero-order valence-corrected chi connectivity index (χ0v) is 12.5. The fraction of sp³-hybridized carbons (Fsp3) is 0.222. The number of unbranched alkanes of at least 4 members (excludes halogenated alkanes) is 1. The SMILES string of the molecule is CCCCO/N=C1\C(=O)N(c2ccccc2)c2ccccc21. The van der Waals surface area contributed by atoms with Gasteiger partial charge in [0.15, 0.2) is 5.71 Å². The summed E-state index contributed by atoms with van der Waals surface area (Å²) in [5, 5.41) is 4.08. The molecule has 0 saturated heterocycles. The first-order chi connectivity index (χ1) is 10.8. The molecule has 0 fully saturated rings. The molecule has 0 radical (unpaired) electrons. The molecular weight excluding hydrogens is 276 g/mol. The molecule has 0 N–H and O–H groups in total. The highest BCUT2D eigenvalue weighted by molar-refractivity contribution is 6.55. The van der Waals surface area contributed by atoms with E-state index < -0.39 is 0 Å². The quantitative estimate of drug-likeness (QED) is 0.620. The third kappa shape index (κ3) is 2.60. The lowest BCUT2D eigenvalue weighted by Crippen LogP contribution is -2.25. The average molecular weight is 294 g/mol. The average Bonchev–Trinajstić information content (AvgIpc) is 2.84. The zero-order chi connectivity index (χ0) is 15.4. The summed E-state index contributed by atoms with van der Waals surface area (Å²) < 4.78 is 0. The number of hydrogen-bond acceptors (Lipinski definition) is 3. The van der Waals surface area contributed by atoms with Crippen LogP contribution < -0.4 is 4.90 Å². The predicted octanol–water partition coefficient (Wildman–Crippen LogP) is 3.89. The van der Waals surface area contributed by atoms with Crippen molar-refractivity contribution in [1.82, 2.24) is 0 Å². The first kappa shape index (κ1) is 14.3. The Bertz CT molecular complexity index is 695. The maximum atomic E-state index is 12.7. The molecule has 3 rings (SSSR count). The van der Waals surface area contributed by atoms with Crippen LogP contribution in [0.25, 0.3) is 0 Å². The van der Waals surface area contributed by atoms with E-state index in [0.717, 1.165) is 29.8 Å². The fourth-order valence-corrected chi connectivity index (χ4v) is 2.44. The molecule has 4 nitrogen and oxygen atoms in total. The van der Waals surface area contributed by atoms with Crippen LogP contribution in [0, 0.1) is 0 Å². The summed E-state index contributed by atoms with van der Waals surface area (Å²) in [6, 6.07) is 17.2. The number of carbonyl (C=O) groups is 1. The van der Waals surface area contributed by atoms with Crippen LogP contribution in [0.3, 0.4) is 0 Å². The molecule has 112 valence electrons. The van der Waals surface area contributed by atoms with Gasteiger partial charge in [-0.3, -0.25) is 9.69 Å². The monoisotopic (exact) mass is 294 g/mol. The molecule has 0 aromatic heterocycles. The highest BCUT2D eigenvalue weighted by atomic mass is 16.6. The van der Waals surface area contributed by atoms with Gasteiger partial charge in [0.05, 0.1) is 5.69 Å². The van der Waals surface area contributed by atoms with Crippen molar-refractivity contribution in [3.05, 3.63) is 60.2 Å². The second kappa shape index (κ2) is 6.43. The van der Waals surface area contributed by atoms with E-state index in [1.54, 1.807) is 4.90 Å². The molecule has 4 heteroatoms. The molecule has 0 aliphatic carbocycles. The van der Waals surface area contributed by atoms with Gasteiger partial charge in [-0.15, -0.1) is 0 Å². The summed E-state index contributed by atoms with van der Waals surface area (Å²) in [4.78, 5) is 19.7. The molecule has 22 heavy (non-hydrogen) atoms. The summed E-state index contributed by atoms with van der Waals surface area (Å²) in [7, 11) is 0. The number of anilines is 2. The molecule has 1 amide bonds. The Labute approximate surface area is 130 Å². The van der Waals surface area contributed by atoms with Gasteiger partial charge in [0.1, 0.15) is 6.61 Å². The summed E-state index contributed by atoms with van der Waals surface area (Å²) >= 11 is 0. The molecule has 2 aromatic rings. The molecule has 0 unspecified atom stereocenters. The van der Waals surface area contributed by atoms with Crippen molar-refractivity contribution < 1.29 is 9.63 Å². The van der Waals surface area contributed by atoms with Crippen LogP contribution in [0.5, 0.6) is 0 Å². The van der Waals surface area contributed by atoms with Crippen LogP contribution in [-0.2, 0) is 9.63 Å². The van der Waals surface area contributed by atoms with Gasteiger partial charge >= 0.3 is 0 Å². The van der Waals surface area contributed by atoms with Crippen molar-refractivity contribution in [3.63, 3.8) is 0 Å². The van der Waals surface area contributed by atoms with E-state index in [1.807, 2.05) is 54.6 Å². The van der Waals surface area contributed by atoms with E-state index in [4.69, 9.17) is 4.84 Å². The Balaban J connectivity index is 1.96. The van der Waals surface area contributed by atoms with E-state index in [2.05, 4.69) is 12.1 Å². The molecule has 1 aliphatic rings. The maximum Gasteiger partial charge on any atom is 0.285 e. The minimum Gasteiger partial charge on any atom is -0.395 e. The molecule has 0 atom stereocenters. The number of carbonyl (C=O) groups excluding carboxylic acids is 1. The topological polar surface area (TPSA) is 41.9 Å². The molecule has 1 heterocycles. The lowest BCUT2D eigenvalue weighted by atomic mass is 10.1. The van der Waals surface area contributed by atoms with Crippen molar-refractivity contribution in [2.24, 2.45) is 5.16 Å². The van der Waals surface area contributed by atoms with E-state index in [-0.39, 0.29) is 5.91 Å². The van der Waals surface area contributed by atoms with Gasteiger partial charge in [-0.25, -0.2) is 0 Å². The molecule has 0 bridgehead atoms. The number of fused-ring (bicyclic) bond motifs is 1. The lowest BCUT2D eigenvalue weighted by Gasteiger charge is -2.16. The Kier molecular flexibility index (Phi) is 4.19. The smallest absolute Gasteiger partial charge is 0.285 e. The highest BCUT2D eigenvalue weighted by Crippen LogP contribution is 2.35. The fourth-order valence-electron chi connectivity index (χ4n) is 2.44. The molecular formula is C18H18N2O2. The van der Waals surface area contributed by atoms with Gasteiger partial charge < -0.3 is 4.84 Å². The second-order valence-electron chi connectivity index (χ2n) is 5.12. The first-order valence-electron chi connectivity index (χ1n) is 7.51. The van der Waals surface area contributed by atoms with Crippen LogP contribution in [0.1, 0.15) is 25.3 Å². The van der Waals surface area contributed by atoms with Gasteiger partial charge in [0, 0.05) is 11.3 Å². The van der Waals surface area contributed by atoms with E-state index >= 15 is 0 Å². The van der Waals surface area contributed by atoms with Crippen LogP contribution >= 0.6 is 0 Å². The van der Waals surface area contributed by atoms with Crippen molar-refractivity contribution in [3.8, 4) is 0 Å². The largest absolute Gasteiger partial charge is 0.395 e. The summed E-state index contributed by atoms with van der Waals surface area (Å²) in [6.45, 7) is 2.62. The van der Waals surface area contributed by atoms with Gasteiger partial charge in [-0.1, -0.05) is 54.9 Å². The normalized spacial score (nSPS) is 15.2. The molecule has 0 saturated carbocycles. The molecule has 0 spiro atoms. The Morgan fingerprint density at radius 1 is 1.05 bits per heavy atom. The predicted molar refractivity (Wildman–Crippen MR) is 87.4 cm³/mol. The third-order valence-corrected chi connectivity index (χ3v) is 3.57. The number of para-hydroxylation sites is 2. The van der Waals surface area contributed by atoms with E-state index in [0.29, 0.717) is 12.3 Å². The van der Waals surface area contributed by atoms with Crippen molar-refractivity contribution in [2.75, 3.05) is 11.5 Å². The van der Waals surface area contributed by atoms with Gasteiger partial charge in [0.2, 0.25) is 0 Å². The molecule has 2 aromatic carbocycles. The minimum absolute atomic E-state index is 0.149. The molecule has 1 aliphatic heterocycles. The van der Waals surface area contributed by atoms with Crippen LogP contribution in [0.2, 0.25) is 0 Å². The van der Waals surface area contributed by atoms with Gasteiger partial charge in [-0.2, -0.15) is 0 Å². The zero-order valence-electron chi connectivity index (χ0n) is 12.5. The lowest BCUT2D eigenvalue weighted by molar-refractivity contribution is -0.111. The van der Waals surface area contributed by atoms with Crippen LogP contribution in [-0.4, -0.2) is 18.2 Å². The maximum absolute atomic E-state index is 12.7.